The Labute approximate surface area is 160 Å². The van der Waals surface area contributed by atoms with Gasteiger partial charge in [-0.3, -0.25) is 9.78 Å². The molecule has 3 aromatic rings. The van der Waals surface area contributed by atoms with Gasteiger partial charge in [0.25, 0.3) is 5.91 Å². The molecule has 2 aromatic carbocycles. The van der Waals surface area contributed by atoms with Crippen molar-refractivity contribution in [2.45, 2.75) is 27.2 Å². The maximum Gasteiger partial charge on any atom is 0.262 e. The number of aromatic nitrogens is 1. The first-order valence-electron chi connectivity index (χ1n) is 9.02. The molecule has 0 saturated heterocycles. The fourth-order valence-corrected chi connectivity index (χ4v) is 3.14. The molecule has 1 amide bonds. The van der Waals surface area contributed by atoms with Crippen LogP contribution in [0, 0.1) is 20.8 Å². The fraction of sp³-hybridized carbons (Fsp3) is 0.217. The zero-order valence-electron chi connectivity index (χ0n) is 16.0. The Kier molecular flexibility index (Phi) is 5.87. The summed E-state index contributed by atoms with van der Waals surface area (Å²) in [5.74, 6) is 0.536. The number of carbonyl (C=O) groups is 1. The van der Waals surface area contributed by atoms with Crippen LogP contribution in [0.1, 0.15) is 28.1 Å². The number of ether oxygens (including phenoxy) is 1. The van der Waals surface area contributed by atoms with Crippen LogP contribution in [0.2, 0.25) is 0 Å². The standard InChI is InChI=1S/C23H24N2O2/c1-16-13-17(2)24-18(3)23(16)25-22(26)15-27-21-12-8-7-11-20(21)14-19-9-5-4-6-10-19/h4-13H,14-15H2,1-3H3,(H,25,26). The smallest absolute Gasteiger partial charge is 0.262 e. The number of aryl methyl sites for hydroxylation is 3. The summed E-state index contributed by atoms with van der Waals surface area (Å²) in [7, 11) is 0. The van der Waals surface area contributed by atoms with Crippen molar-refractivity contribution in [2.75, 3.05) is 11.9 Å². The number of hydrogen-bond donors (Lipinski definition) is 1. The summed E-state index contributed by atoms with van der Waals surface area (Å²) < 4.78 is 5.81. The third-order valence-corrected chi connectivity index (χ3v) is 4.36. The minimum absolute atomic E-state index is 0.0431. The van der Waals surface area contributed by atoms with Gasteiger partial charge in [0, 0.05) is 12.1 Å². The van der Waals surface area contributed by atoms with Crippen molar-refractivity contribution < 1.29 is 9.53 Å². The highest BCUT2D eigenvalue weighted by Crippen LogP contribution is 2.22. The second kappa shape index (κ2) is 8.49. The molecular formula is C23H24N2O2. The van der Waals surface area contributed by atoms with Crippen LogP contribution < -0.4 is 10.1 Å². The average molecular weight is 360 g/mol. The van der Waals surface area contributed by atoms with Crippen LogP contribution in [0.15, 0.2) is 60.7 Å². The Morgan fingerprint density at radius 2 is 1.70 bits per heavy atom. The zero-order valence-corrected chi connectivity index (χ0v) is 16.0. The highest BCUT2D eigenvalue weighted by molar-refractivity contribution is 5.93. The van der Waals surface area contributed by atoms with Gasteiger partial charge in [-0.15, -0.1) is 0 Å². The minimum Gasteiger partial charge on any atom is -0.483 e. The molecule has 3 rings (SSSR count). The number of hydrogen-bond acceptors (Lipinski definition) is 3. The maximum atomic E-state index is 12.4. The number of carbonyl (C=O) groups excluding carboxylic acids is 1. The van der Waals surface area contributed by atoms with Crippen molar-refractivity contribution in [3.8, 4) is 5.75 Å². The first kappa shape index (κ1) is 18.6. The molecule has 0 bridgehead atoms. The maximum absolute atomic E-state index is 12.4. The van der Waals surface area contributed by atoms with Gasteiger partial charge in [0.2, 0.25) is 0 Å². The number of pyridine rings is 1. The van der Waals surface area contributed by atoms with E-state index in [9.17, 15) is 4.79 Å². The van der Waals surface area contributed by atoms with E-state index >= 15 is 0 Å². The van der Waals surface area contributed by atoms with Crippen molar-refractivity contribution in [2.24, 2.45) is 0 Å². The molecule has 1 heterocycles. The van der Waals surface area contributed by atoms with Crippen molar-refractivity contribution in [1.29, 1.82) is 0 Å². The highest BCUT2D eigenvalue weighted by Gasteiger charge is 2.11. The van der Waals surface area contributed by atoms with E-state index < -0.39 is 0 Å². The Morgan fingerprint density at radius 1 is 1.00 bits per heavy atom. The number of anilines is 1. The van der Waals surface area contributed by atoms with E-state index in [-0.39, 0.29) is 12.5 Å². The van der Waals surface area contributed by atoms with Gasteiger partial charge in [-0.2, -0.15) is 0 Å². The number of rotatable bonds is 6. The van der Waals surface area contributed by atoms with E-state index in [1.54, 1.807) is 0 Å². The first-order chi connectivity index (χ1) is 13.0. The molecule has 4 nitrogen and oxygen atoms in total. The van der Waals surface area contributed by atoms with E-state index in [1.165, 1.54) is 5.56 Å². The normalized spacial score (nSPS) is 10.5. The summed E-state index contributed by atoms with van der Waals surface area (Å²) in [4.78, 5) is 16.8. The van der Waals surface area contributed by atoms with Gasteiger partial charge >= 0.3 is 0 Å². The van der Waals surface area contributed by atoms with Gasteiger partial charge < -0.3 is 10.1 Å². The average Bonchev–Trinajstić information content (AvgIpc) is 2.65. The van der Waals surface area contributed by atoms with E-state index in [0.717, 1.165) is 40.4 Å². The molecule has 0 saturated carbocycles. The van der Waals surface area contributed by atoms with Crippen molar-refractivity contribution >= 4 is 11.6 Å². The minimum atomic E-state index is -0.193. The Bertz CT molecular complexity index is 913. The van der Waals surface area contributed by atoms with Gasteiger partial charge in [-0.1, -0.05) is 48.5 Å². The zero-order chi connectivity index (χ0) is 19.2. The molecule has 1 N–H and O–H groups in total. The lowest BCUT2D eigenvalue weighted by Crippen LogP contribution is -2.22. The molecule has 0 spiro atoms. The molecule has 0 aliphatic rings. The first-order valence-corrected chi connectivity index (χ1v) is 9.02. The molecule has 0 aliphatic carbocycles. The van der Waals surface area contributed by atoms with Gasteiger partial charge in [-0.25, -0.2) is 0 Å². The van der Waals surface area contributed by atoms with E-state index in [2.05, 4.69) is 22.4 Å². The Morgan fingerprint density at radius 3 is 2.44 bits per heavy atom. The molecule has 0 aliphatic heterocycles. The third kappa shape index (κ3) is 4.94. The van der Waals surface area contributed by atoms with E-state index in [1.807, 2.05) is 69.3 Å². The van der Waals surface area contributed by atoms with Gasteiger partial charge in [0.05, 0.1) is 11.4 Å². The highest BCUT2D eigenvalue weighted by atomic mass is 16.5. The van der Waals surface area contributed by atoms with Crippen LogP contribution in [0.25, 0.3) is 0 Å². The molecule has 138 valence electrons. The van der Waals surface area contributed by atoms with Crippen LogP contribution in [0.3, 0.4) is 0 Å². The fourth-order valence-electron chi connectivity index (χ4n) is 3.14. The number of para-hydroxylation sites is 1. The number of amides is 1. The van der Waals surface area contributed by atoms with E-state index in [0.29, 0.717) is 0 Å². The molecular weight excluding hydrogens is 336 g/mol. The van der Waals surface area contributed by atoms with Crippen molar-refractivity contribution in [3.05, 3.63) is 88.7 Å². The quantitative estimate of drug-likeness (QED) is 0.698. The second-order valence-corrected chi connectivity index (χ2v) is 6.65. The Balaban J connectivity index is 1.66. The predicted octanol–water partition coefficient (Wildman–Crippen LogP) is 4.62. The summed E-state index contributed by atoms with van der Waals surface area (Å²) in [6, 6.07) is 20.0. The SMILES string of the molecule is Cc1cc(C)c(NC(=O)COc2ccccc2Cc2ccccc2)c(C)n1. The summed E-state index contributed by atoms with van der Waals surface area (Å²) in [6.45, 7) is 5.76. The number of nitrogens with zero attached hydrogens (tertiary/aromatic N) is 1. The molecule has 27 heavy (non-hydrogen) atoms. The summed E-state index contributed by atoms with van der Waals surface area (Å²) >= 11 is 0. The van der Waals surface area contributed by atoms with Crippen LogP contribution >= 0.6 is 0 Å². The van der Waals surface area contributed by atoms with Gasteiger partial charge in [0.1, 0.15) is 5.75 Å². The van der Waals surface area contributed by atoms with Crippen molar-refractivity contribution in [1.82, 2.24) is 4.98 Å². The molecule has 4 heteroatoms. The topological polar surface area (TPSA) is 51.2 Å². The van der Waals surface area contributed by atoms with Crippen LogP contribution in [0.4, 0.5) is 5.69 Å². The van der Waals surface area contributed by atoms with Crippen LogP contribution in [-0.2, 0) is 11.2 Å². The third-order valence-electron chi connectivity index (χ3n) is 4.36. The molecule has 1 aromatic heterocycles. The number of nitrogens with one attached hydrogen (secondary N) is 1. The molecule has 0 atom stereocenters. The molecule has 0 fully saturated rings. The lowest BCUT2D eigenvalue weighted by atomic mass is 10.0. The summed E-state index contributed by atoms with van der Waals surface area (Å²) in [5, 5.41) is 2.92. The Hall–Kier alpha value is -3.14. The lowest BCUT2D eigenvalue weighted by molar-refractivity contribution is -0.118. The second-order valence-electron chi connectivity index (χ2n) is 6.65. The van der Waals surface area contributed by atoms with Crippen molar-refractivity contribution in [3.63, 3.8) is 0 Å². The van der Waals surface area contributed by atoms with Crippen LogP contribution in [0.5, 0.6) is 5.75 Å². The predicted molar refractivity (Wildman–Crippen MR) is 108 cm³/mol. The summed E-state index contributed by atoms with van der Waals surface area (Å²) in [5.41, 5.74) is 5.76. The van der Waals surface area contributed by atoms with Gasteiger partial charge in [0.15, 0.2) is 6.61 Å². The van der Waals surface area contributed by atoms with E-state index in [4.69, 9.17) is 4.74 Å². The number of benzene rings is 2. The molecule has 0 radical (unpaired) electrons. The van der Waals surface area contributed by atoms with Gasteiger partial charge in [-0.05, 0) is 49.6 Å². The lowest BCUT2D eigenvalue weighted by Gasteiger charge is -2.14. The largest absolute Gasteiger partial charge is 0.483 e. The van der Waals surface area contributed by atoms with Crippen LogP contribution in [-0.4, -0.2) is 17.5 Å². The monoisotopic (exact) mass is 360 g/mol. The summed E-state index contributed by atoms with van der Waals surface area (Å²) in [6.07, 6.45) is 0.763. The molecule has 0 unspecified atom stereocenters.